The van der Waals surface area contributed by atoms with Gasteiger partial charge in [-0.2, -0.15) is 0 Å². The first kappa shape index (κ1) is 12.4. The Hall–Kier alpha value is -0.0800. The Morgan fingerprint density at radius 1 is 1.25 bits per heavy atom. The van der Waals surface area contributed by atoms with Gasteiger partial charge in [0, 0.05) is 25.8 Å². The lowest BCUT2D eigenvalue weighted by molar-refractivity contribution is 0.0545. The normalized spacial score (nSPS) is 28.1. The molecule has 1 aliphatic carbocycles. The maximum atomic E-state index is 5.42. The zero-order valence-electron chi connectivity index (χ0n) is 10.9. The zero-order valence-corrected chi connectivity index (χ0v) is 10.9. The van der Waals surface area contributed by atoms with Crippen molar-refractivity contribution in [2.75, 3.05) is 19.8 Å². The Labute approximate surface area is 100 Å². The highest BCUT2D eigenvalue weighted by Gasteiger charge is 2.29. The molecule has 0 aromatic rings. The summed E-state index contributed by atoms with van der Waals surface area (Å²) in [4.78, 5) is 0. The molecule has 1 unspecified atom stereocenters. The van der Waals surface area contributed by atoms with Crippen molar-refractivity contribution in [3.05, 3.63) is 0 Å². The first-order valence-electron chi connectivity index (χ1n) is 7.01. The molecule has 1 saturated heterocycles. The fourth-order valence-corrected chi connectivity index (χ4v) is 3.20. The van der Waals surface area contributed by atoms with Gasteiger partial charge in [-0.1, -0.05) is 19.8 Å². The Bertz CT molecular complexity index is 205. The molecule has 2 fully saturated rings. The Kier molecular flexibility index (Phi) is 4.26. The molecule has 2 rings (SSSR count). The van der Waals surface area contributed by atoms with Gasteiger partial charge in [0.2, 0.25) is 0 Å². The molecule has 2 aliphatic rings. The predicted octanol–water partition coefficient (Wildman–Crippen LogP) is 2.97. The molecule has 16 heavy (non-hydrogen) atoms. The smallest absolute Gasteiger partial charge is 0.0469 e. The third-order valence-corrected chi connectivity index (χ3v) is 4.63. The number of nitrogens with one attached hydrogen (secondary N) is 1. The summed E-state index contributed by atoms with van der Waals surface area (Å²) in [7, 11) is 0. The summed E-state index contributed by atoms with van der Waals surface area (Å²) < 4.78 is 5.42. The first-order valence-corrected chi connectivity index (χ1v) is 7.01. The molecule has 1 N–H and O–H groups in total. The lowest BCUT2D eigenvalue weighted by Crippen LogP contribution is -2.41. The zero-order chi connectivity index (χ0) is 11.4. The van der Waals surface area contributed by atoms with Crippen LogP contribution in [-0.4, -0.2) is 25.8 Å². The summed E-state index contributed by atoms with van der Waals surface area (Å²) in [5.74, 6) is 0.832. The summed E-state index contributed by atoms with van der Waals surface area (Å²) in [6.45, 7) is 7.95. The number of hydrogen-bond donors (Lipinski definition) is 1. The van der Waals surface area contributed by atoms with Gasteiger partial charge in [-0.3, -0.25) is 0 Å². The van der Waals surface area contributed by atoms with Crippen LogP contribution >= 0.6 is 0 Å². The van der Waals surface area contributed by atoms with Crippen LogP contribution in [0.3, 0.4) is 0 Å². The van der Waals surface area contributed by atoms with Crippen molar-refractivity contribution >= 4 is 0 Å². The van der Waals surface area contributed by atoms with E-state index in [1.165, 1.54) is 45.1 Å². The molecule has 1 aliphatic heterocycles. The molecule has 0 amide bonds. The SMILES string of the molecule is CC(NCC1(C)CCCC1)C1CCOCC1. The van der Waals surface area contributed by atoms with E-state index in [0.717, 1.165) is 19.1 Å². The van der Waals surface area contributed by atoms with E-state index >= 15 is 0 Å². The van der Waals surface area contributed by atoms with Gasteiger partial charge in [0.1, 0.15) is 0 Å². The second-order valence-corrected chi connectivity index (χ2v) is 6.14. The van der Waals surface area contributed by atoms with E-state index in [-0.39, 0.29) is 0 Å². The second-order valence-electron chi connectivity index (χ2n) is 6.14. The van der Waals surface area contributed by atoms with Crippen molar-refractivity contribution in [2.24, 2.45) is 11.3 Å². The van der Waals surface area contributed by atoms with Gasteiger partial charge in [0.25, 0.3) is 0 Å². The fraction of sp³-hybridized carbons (Fsp3) is 1.00. The molecule has 0 radical (unpaired) electrons. The predicted molar refractivity (Wildman–Crippen MR) is 67.6 cm³/mol. The third-order valence-electron chi connectivity index (χ3n) is 4.63. The molecular weight excluding hydrogens is 198 g/mol. The van der Waals surface area contributed by atoms with Crippen molar-refractivity contribution in [3.63, 3.8) is 0 Å². The molecule has 0 spiro atoms. The van der Waals surface area contributed by atoms with Crippen LogP contribution in [0.25, 0.3) is 0 Å². The average molecular weight is 225 g/mol. The molecule has 2 nitrogen and oxygen atoms in total. The summed E-state index contributed by atoms with van der Waals surface area (Å²) >= 11 is 0. The standard InChI is InChI=1S/C14H27NO/c1-12(13-5-9-16-10-6-13)15-11-14(2)7-3-4-8-14/h12-13,15H,3-11H2,1-2H3. The molecule has 94 valence electrons. The van der Waals surface area contributed by atoms with Gasteiger partial charge < -0.3 is 10.1 Å². The summed E-state index contributed by atoms with van der Waals surface area (Å²) in [5, 5.41) is 3.78. The minimum atomic E-state index is 0.583. The molecule has 0 bridgehead atoms. The van der Waals surface area contributed by atoms with Gasteiger partial charge in [-0.15, -0.1) is 0 Å². The van der Waals surface area contributed by atoms with Crippen LogP contribution in [0.4, 0.5) is 0 Å². The van der Waals surface area contributed by atoms with Crippen LogP contribution in [0.15, 0.2) is 0 Å². The van der Waals surface area contributed by atoms with Gasteiger partial charge in [0.05, 0.1) is 0 Å². The largest absolute Gasteiger partial charge is 0.381 e. The summed E-state index contributed by atoms with van der Waals surface area (Å²) in [6.07, 6.45) is 8.18. The van der Waals surface area contributed by atoms with Crippen molar-refractivity contribution < 1.29 is 4.74 Å². The minimum absolute atomic E-state index is 0.583. The molecule has 1 heterocycles. The van der Waals surface area contributed by atoms with E-state index in [0.29, 0.717) is 11.5 Å². The van der Waals surface area contributed by atoms with Crippen LogP contribution in [0.2, 0.25) is 0 Å². The second kappa shape index (κ2) is 5.50. The molecule has 1 saturated carbocycles. The lowest BCUT2D eigenvalue weighted by atomic mass is 9.87. The van der Waals surface area contributed by atoms with Crippen LogP contribution in [-0.2, 0) is 4.74 Å². The average Bonchev–Trinajstić information content (AvgIpc) is 2.75. The third kappa shape index (κ3) is 3.21. The number of ether oxygens (including phenoxy) is 1. The van der Waals surface area contributed by atoms with Crippen LogP contribution < -0.4 is 5.32 Å². The Morgan fingerprint density at radius 3 is 2.50 bits per heavy atom. The minimum Gasteiger partial charge on any atom is -0.381 e. The Morgan fingerprint density at radius 2 is 1.88 bits per heavy atom. The van der Waals surface area contributed by atoms with Crippen molar-refractivity contribution in [1.82, 2.24) is 5.32 Å². The fourth-order valence-electron chi connectivity index (χ4n) is 3.20. The van der Waals surface area contributed by atoms with E-state index in [4.69, 9.17) is 4.74 Å². The molecule has 0 aromatic heterocycles. The molecule has 0 aromatic carbocycles. The van der Waals surface area contributed by atoms with Gasteiger partial charge >= 0.3 is 0 Å². The lowest BCUT2D eigenvalue weighted by Gasteiger charge is -2.32. The topological polar surface area (TPSA) is 21.3 Å². The molecule has 2 heteroatoms. The Balaban J connectivity index is 1.71. The molecule has 1 atom stereocenters. The van der Waals surface area contributed by atoms with Gasteiger partial charge in [-0.05, 0) is 43.9 Å². The van der Waals surface area contributed by atoms with E-state index in [9.17, 15) is 0 Å². The van der Waals surface area contributed by atoms with E-state index < -0.39 is 0 Å². The van der Waals surface area contributed by atoms with Crippen LogP contribution in [0, 0.1) is 11.3 Å². The maximum Gasteiger partial charge on any atom is 0.0469 e. The van der Waals surface area contributed by atoms with Crippen molar-refractivity contribution in [3.8, 4) is 0 Å². The van der Waals surface area contributed by atoms with Gasteiger partial charge in [0.15, 0.2) is 0 Å². The summed E-state index contributed by atoms with van der Waals surface area (Å²) in [6, 6.07) is 0.668. The highest BCUT2D eigenvalue weighted by Crippen LogP contribution is 2.37. The highest BCUT2D eigenvalue weighted by atomic mass is 16.5. The summed E-state index contributed by atoms with van der Waals surface area (Å²) in [5.41, 5.74) is 0.583. The quantitative estimate of drug-likeness (QED) is 0.794. The van der Waals surface area contributed by atoms with E-state index in [2.05, 4.69) is 19.2 Å². The molecular formula is C14H27NO. The first-order chi connectivity index (χ1) is 7.70. The van der Waals surface area contributed by atoms with Crippen LogP contribution in [0.1, 0.15) is 52.4 Å². The maximum absolute atomic E-state index is 5.42. The highest BCUT2D eigenvalue weighted by molar-refractivity contribution is 4.84. The number of hydrogen-bond acceptors (Lipinski definition) is 2. The van der Waals surface area contributed by atoms with Crippen LogP contribution in [0.5, 0.6) is 0 Å². The van der Waals surface area contributed by atoms with Gasteiger partial charge in [-0.25, -0.2) is 0 Å². The van der Waals surface area contributed by atoms with Crippen molar-refractivity contribution in [2.45, 2.75) is 58.4 Å². The van der Waals surface area contributed by atoms with E-state index in [1.54, 1.807) is 0 Å². The monoisotopic (exact) mass is 225 g/mol. The van der Waals surface area contributed by atoms with Crippen molar-refractivity contribution in [1.29, 1.82) is 0 Å². The number of rotatable bonds is 4. The van der Waals surface area contributed by atoms with E-state index in [1.807, 2.05) is 0 Å².